The maximum atomic E-state index is 13.6. The Bertz CT molecular complexity index is 759. The van der Waals surface area contributed by atoms with E-state index in [2.05, 4.69) is 10.6 Å². The van der Waals surface area contributed by atoms with E-state index in [9.17, 15) is 18.4 Å². The number of benzene rings is 2. The molecule has 132 valence electrons. The second-order valence-electron chi connectivity index (χ2n) is 5.42. The number of hydrogen-bond acceptors (Lipinski definition) is 3. The molecule has 7 heteroatoms. The lowest BCUT2D eigenvalue weighted by Gasteiger charge is -2.14. The van der Waals surface area contributed by atoms with E-state index in [-0.39, 0.29) is 18.6 Å². The summed E-state index contributed by atoms with van der Waals surface area (Å²) in [5.41, 5.74) is 0.275. The highest BCUT2D eigenvalue weighted by atomic mass is 19.1. The highest BCUT2D eigenvalue weighted by molar-refractivity contribution is 6.04. The number of nitrogens with one attached hydrogen (secondary N) is 2. The van der Waals surface area contributed by atoms with E-state index in [1.807, 2.05) is 6.92 Å². The molecule has 0 saturated carbocycles. The standard InChI is InChI=1S/C18H18F2N2O3/c1-2-13(10-23)21-17(24)11-3-6-14(7-4-11)22-18(25)15-9-12(19)5-8-16(15)20/h3-9,13,23H,2,10H2,1H3,(H,21,24)(H,22,25). The van der Waals surface area contributed by atoms with Crippen LogP contribution in [0.2, 0.25) is 0 Å². The Morgan fingerprint density at radius 2 is 1.76 bits per heavy atom. The molecule has 0 aliphatic heterocycles. The molecule has 5 nitrogen and oxygen atoms in total. The van der Waals surface area contributed by atoms with Crippen molar-refractivity contribution in [2.45, 2.75) is 19.4 Å². The Balaban J connectivity index is 2.06. The molecule has 0 spiro atoms. The SMILES string of the molecule is CCC(CO)NC(=O)c1ccc(NC(=O)c2cc(F)ccc2F)cc1. The number of halogens is 2. The third kappa shape index (κ3) is 4.84. The Morgan fingerprint density at radius 3 is 2.36 bits per heavy atom. The second-order valence-corrected chi connectivity index (χ2v) is 5.42. The fraction of sp³-hybridized carbons (Fsp3) is 0.222. The van der Waals surface area contributed by atoms with Crippen molar-refractivity contribution in [1.82, 2.24) is 5.32 Å². The summed E-state index contributed by atoms with van der Waals surface area (Å²) >= 11 is 0. The molecule has 0 aliphatic carbocycles. The zero-order valence-corrected chi connectivity index (χ0v) is 13.6. The number of aliphatic hydroxyl groups excluding tert-OH is 1. The fourth-order valence-electron chi connectivity index (χ4n) is 2.12. The average Bonchev–Trinajstić information content (AvgIpc) is 2.62. The zero-order chi connectivity index (χ0) is 18.4. The Morgan fingerprint density at radius 1 is 1.08 bits per heavy atom. The monoisotopic (exact) mass is 348 g/mol. The topological polar surface area (TPSA) is 78.4 Å². The minimum atomic E-state index is -0.829. The van der Waals surface area contributed by atoms with Crippen LogP contribution in [0.25, 0.3) is 0 Å². The van der Waals surface area contributed by atoms with E-state index in [0.29, 0.717) is 17.7 Å². The van der Waals surface area contributed by atoms with Crippen LogP contribution < -0.4 is 10.6 Å². The van der Waals surface area contributed by atoms with Gasteiger partial charge in [0.2, 0.25) is 0 Å². The van der Waals surface area contributed by atoms with Crippen LogP contribution in [0.5, 0.6) is 0 Å². The number of hydrogen-bond donors (Lipinski definition) is 3. The van der Waals surface area contributed by atoms with Gasteiger partial charge in [-0.05, 0) is 48.9 Å². The Labute approximate surface area is 143 Å². The normalized spacial score (nSPS) is 11.7. The maximum absolute atomic E-state index is 13.6. The van der Waals surface area contributed by atoms with Gasteiger partial charge in [-0.15, -0.1) is 0 Å². The molecule has 0 bridgehead atoms. The highest BCUT2D eigenvalue weighted by Gasteiger charge is 2.14. The van der Waals surface area contributed by atoms with Crippen LogP contribution in [0.3, 0.4) is 0 Å². The predicted molar refractivity (Wildman–Crippen MR) is 89.4 cm³/mol. The van der Waals surface area contributed by atoms with Crippen LogP contribution in [0, 0.1) is 11.6 Å². The molecule has 0 fully saturated rings. The van der Waals surface area contributed by atoms with Gasteiger partial charge in [0, 0.05) is 11.3 Å². The van der Waals surface area contributed by atoms with Gasteiger partial charge in [0.15, 0.2) is 0 Å². The van der Waals surface area contributed by atoms with Gasteiger partial charge in [-0.2, -0.15) is 0 Å². The smallest absolute Gasteiger partial charge is 0.258 e. The van der Waals surface area contributed by atoms with E-state index in [0.717, 1.165) is 18.2 Å². The summed E-state index contributed by atoms with van der Waals surface area (Å²) in [4.78, 5) is 24.0. The van der Waals surface area contributed by atoms with Crippen molar-refractivity contribution in [3.05, 3.63) is 65.2 Å². The molecule has 2 rings (SSSR count). The highest BCUT2D eigenvalue weighted by Crippen LogP contribution is 2.14. The molecule has 2 aromatic carbocycles. The molecular weight excluding hydrogens is 330 g/mol. The lowest BCUT2D eigenvalue weighted by molar-refractivity contribution is 0.0914. The van der Waals surface area contributed by atoms with Crippen molar-refractivity contribution in [3.8, 4) is 0 Å². The zero-order valence-electron chi connectivity index (χ0n) is 13.6. The molecular formula is C18H18F2N2O3. The van der Waals surface area contributed by atoms with Gasteiger partial charge in [-0.3, -0.25) is 9.59 Å². The first-order chi connectivity index (χ1) is 11.9. The number of carbonyl (C=O) groups is 2. The molecule has 1 atom stereocenters. The van der Waals surface area contributed by atoms with Crippen molar-refractivity contribution in [3.63, 3.8) is 0 Å². The van der Waals surface area contributed by atoms with Crippen molar-refractivity contribution in [2.24, 2.45) is 0 Å². The van der Waals surface area contributed by atoms with E-state index >= 15 is 0 Å². The van der Waals surface area contributed by atoms with Gasteiger partial charge in [-0.25, -0.2) is 8.78 Å². The van der Waals surface area contributed by atoms with Gasteiger partial charge in [0.25, 0.3) is 11.8 Å². The summed E-state index contributed by atoms with van der Waals surface area (Å²) in [6.07, 6.45) is 0.593. The third-order valence-electron chi connectivity index (χ3n) is 3.63. The molecule has 0 heterocycles. The quantitative estimate of drug-likeness (QED) is 0.751. The number of aliphatic hydroxyl groups is 1. The Hall–Kier alpha value is -2.80. The van der Waals surface area contributed by atoms with Crippen LogP contribution >= 0.6 is 0 Å². The van der Waals surface area contributed by atoms with Crippen molar-refractivity contribution < 1.29 is 23.5 Å². The van der Waals surface area contributed by atoms with Crippen molar-refractivity contribution >= 4 is 17.5 Å². The Kier molecular flexibility index (Phi) is 6.19. The predicted octanol–water partition coefficient (Wildman–Crippen LogP) is 2.72. The molecule has 2 aromatic rings. The lowest BCUT2D eigenvalue weighted by atomic mass is 10.1. The molecule has 2 amide bonds. The van der Waals surface area contributed by atoms with E-state index in [4.69, 9.17) is 5.11 Å². The molecule has 0 radical (unpaired) electrons. The fourth-order valence-corrected chi connectivity index (χ4v) is 2.12. The van der Waals surface area contributed by atoms with Gasteiger partial charge >= 0.3 is 0 Å². The van der Waals surface area contributed by atoms with Crippen molar-refractivity contribution in [1.29, 1.82) is 0 Å². The summed E-state index contributed by atoms with van der Waals surface area (Å²) in [5, 5.41) is 14.2. The summed E-state index contributed by atoms with van der Waals surface area (Å²) in [7, 11) is 0. The van der Waals surface area contributed by atoms with Crippen LogP contribution in [0.15, 0.2) is 42.5 Å². The molecule has 0 aromatic heterocycles. The van der Waals surface area contributed by atoms with E-state index in [1.165, 1.54) is 24.3 Å². The van der Waals surface area contributed by atoms with Crippen LogP contribution in [-0.2, 0) is 0 Å². The molecule has 0 saturated heterocycles. The third-order valence-corrected chi connectivity index (χ3v) is 3.63. The average molecular weight is 348 g/mol. The molecule has 3 N–H and O–H groups in total. The largest absolute Gasteiger partial charge is 0.394 e. The first-order valence-electron chi connectivity index (χ1n) is 7.72. The lowest BCUT2D eigenvalue weighted by Crippen LogP contribution is -2.36. The minimum absolute atomic E-state index is 0.157. The van der Waals surface area contributed by atoms with Crippen LogP contribution in [0.1, 0.15) is 34.1 Å². The second kappa shape index (κ2) is 8.34. The molecule has 0 aliphatic rings. The number of carbonyl (C=O) groups excluding carboxylic acids is 2. The number of rotatable bonds is 6. The molecule has 25 heavy (non-hydrogen) atoms. The number of amides is 2. The number of anilines is 1. The first kappa shape index (κ1) is 18.5. The van der Waals surface area contributed by atoms with Gasteiger partial charge in [0.05, 0.1) is 18.2 Å². The van der Waals surface area contributed by atoms with E-state index < -0.39 is 23.1 Å². The minimum Gasteiger partial charge on any atom is -0.394 e. The summed E-state index contributed by atoms with van der Waals surface area (Å²) < 4.78 is 26.7. The van der Waals surface area contributed by atoms with Gasteiger partial charge < -0.3 is 15.7 Å². The van der Waals surface area contributed by atoms with Crippen LogP contribution in [0.4, 0.5) is 14.5 Å². The van der Waals surface area contributed by atoms with Crippen molar-refractivity contribution in [2.75, 3.05) is 11.9 Å². The van der Waals surface area contributed by atoms with E-state index in [1.54, 1.807) is 0 Å². The van der Waals surface area contributed by atoms with Gasteiger partial charge in [-0.1, -0.05) is 6.92 Å². The first-order valence-corrected chi connectivity index (χ1v) is 7.72. The summed E-state index contributed by atoms with van der Waals surface area (Å²) in [6.45, 7) is 1.68. The summed E-state index contributed by atoms with van der Waals surface area (Å²) in [6, 6.07) is 8.20. The summed E-state index contributed by atoms with van der Waals surface area (Å²) in [5.74, 6) is -2.69. The van der Waals surface area contributed by atoms with Gasteiger partial charge in [0.1, 0.15) is 11.6 Å². The maximum Gasteiger partial charge on any atom is 0.258 e. The molecule has 1 unspecified atom stereocenters. The van der Waals surface area contributed by atoms with Crippen LogP contribution in [-0.4, -0.2) is 29.6 Å².